The van der Waals surface area contributed by atoms with E-state index in [1.165, 1.54) is 0 Å². The number of aliphatic carboxylic acids is 2. The number of carboxylic acids is 2. The van der Waals surface area contributed by atoms with E-state index in [1.54, 1.807) is 0 Å². The molecule has 4 aromatic carbocycles. The molecular formula is C56H57N10O8Zn2+. The number of nitrogens with one attached hydrogen (secondary N) is 2. The molecule has 382 valence electrons. The van der Waals surface area contributed by atoms with Gasteiger partial charge in [-0.2, -0.15) is 10.2 Å². The Labute approximate surface area is 464 Å². The molecule has 0 radical (unpaired) electrons. The second-order valence-electron chi connectivity index (χ2n) is 16.2. The van der Waals surface area contributed by atoms with Gasteiger partial charge in [-0.3, -0.25) is 10.2 Å². The standard InChI is InChI=1S/2C23H16N5.C10H18O4.4H2O.2Zn/c2*1-3-8-16(9-4-1)20-14-22(27-25-20)18-12-7-13-19(24-18)23-15-21(26-28-23)17-10-5-2-6-11-17;11-9(12)7-5-3-1-2-4-6-8-10(13)14;;;;;;/h2*1-15H,(H-,25,26,27,28);1-8H2,(H,11,12)(H,13,14);4*1H2;;/q2*-1;;;;;;2*+2/p-1. The van der Waals surface area contributed by atoms with Crippen LogP contribution in [0.1, 0.15) is 51.4 Å². The van der Waals surface area contributed by atoms with Crippen molar-refractivity contribution in [2.24, 2.45) is 0 Å². The zero-order valence-corrected chi connectivity index (χ0v) is 47.6. The van der Waals surface area contributed by atoms with Gasteiger partial charge in [-0.05, 0) is 96.5 Å². The van der Waals surface area contributed by atoms with Crippen LogP contribution < -0.4 is 20.4 Å². The maximum Gasteiger partial charge on any atom is 2.00 e. The van der Waals surface area contributed by atoms with E-state index < -0.39 is 11.9 Å². The van der Waals surface area contributed by atoms with Gasteiger partial charge in [0.25, 0.3) is 0 Å². The maximum absolute atomic E-state index is 10.0. The number of carbonyl (C=O) groups is 2. The predicted octanol–water partition coefficient (Wildman–Crippen LogP) is 5.86. The van der Waals surface area contributed by atoms with Gasteiger partial charge in [-0.25, -0.2) is 9.97 Å². The zero-order chi connectivity index (χ0) is 48.3. The van der Waals surface area contributed by atoms with Gasteiger partial charge in [0.2, 0.25) is 0 Å². The normalized spacial score (nSPS) is 9.84. The van der Waals surface area contributed by atoms with Crippen molar-refractivity contribution in [3.63, 3.8) is 0 Å². The molecule has 10 rings (SSSR count). The molecule has 0 amide bonds. The number of nitrogens with zero attached hydrogens (tertiary/aromatic N) is 8. The minimum Gasteiger partial charge on any atom is -0.573 e. The van der Waals surface area contributed by atoms with Crippen molar-refractivity contribution in [3.8, 4) is 90.6 Å². The number of aromatic amines is 2. The zero-order valence-electron chi connectivity index (χ0n) is 41.7. The molecule has 0 saturated carbocycles. The first-order chi connectivity index (χ1) is 34.4. The number of carbonyl (C=O) groups excluding carboxylic acids is 2. The van der Waals surface area contributed by atoms with E-state index in [2.05, 4.69) is 40.8 Å². The summed E-state index contributed by atoms with van der Waals surface area (Å²) in [7, 11) is 0. The maximum atomic E-state index is 10.0. The molecule has 0 aliphatic carbocycles. The van der Waals surface area contributed by atoms with E-state index in [0.717, 1.165) is 116 Å². The Hall–Kier alpha value is -7.95. The summed E-state index contributed by atoms with van der Waals surface area (Å²) in [5, 5.41) is 52.3. The van der Waals surface area contributed by atoms with E-state index in [-0.39, 0.29) is 73.7 Å². The minimum atomic E-state index is -0.998. The van der Waals surface area contributed by atoms with Crippen LogP contribution in [0.3, 0.4) is 0 Å². The summed E-state index contributed by atoms with van der Waals surface area (Å²) >= 11 is 0. The van der Waals surface area contributed by atoms with Gasteiger partial charge in [0.05, 0.1) is 34.2 Å². The Morgan fingerprint density at radius 2 is 0.697 bits per heavy atom. The Balaban J connectivity index is 0.000000396. The topological polar surface area (TPSA) is 345 Å². The fourth-order valence-corrected chi connectivity index (χ4v) is 7.46. The number of carboxylic acid groups (broad SMARTS) is 2. The molecule has 10 aromatic rings. The van der Waals surface area contributed by atoms with Crippen LogP contribution in [0.2, 0.25) is 0 Å². The molecule has 0 saturated heterocycles. The summed E-state index contributed by atoms with van der Waals surface area (Å²) in [6.45, 7) is 0. The van der Waals surface area contributed by atoms with Crippen molar-refractivity contribution >= 4 is 11.9 Å². The summed E-state index contributed by atoms with van der Waals surface area (Å²) in [6, 6.07) is 59.9. The van der Waals surface area contributed by atoms with Crippen LogP contribution in [0, 0.1) is 0 Å². The van der Waals surface area contributed by atoms with Gasteiger partial charge in [-0.15, -0.1) is 0 Å². The summed E-state index contributed by atoms with van der Waals surface area (Å²) in [5.41, 5.74) is 14.1. The molecule has 0 fully saturated rings. The first-order valence-corrected chi connectivity index (χ1v) is 23.0. The number of benzene rings is 4. The van der Waals surface area contributed by atoms with E-state index in [1.807, 2.05) is 182 Å². The van der Waals surface area contributed by atoms with Gasteiger partial charge >= 0.3 is 39.0 Å². The number of rotatable bonds is 17. The van der Waals surface area contributed by atoms with Crippen LogP contribution in [-0.2, 0) is 54.0 Å². The molecule has 76 heavy (non-hydrogen) atoms. The van der Waals surface area contributed by atoms with Crippen LogP contribution in [0.4, 0.5) is 0 Å². The summed E-state index contributed by atoms with van der Waals surface area (Å²) in [4.78, 5) is 29.5. The third-order valence-corrected chi connectivity index (χ3v) is 11.1. The average molecular weight is 1130 g/mol. The molecule has 20 heteroatoms. The fourth-order valence-electron chi connectivity index (χ4n) is 7.46. The van der Waals surface area contributed by atoms with Gasteiger partial charge in [0.15, 0.2) is 0 Å². The molecular weight excluding hydrogens is 1070 g/mol. The quantitative estimate of drug-likeness (QED) is 0.0615. The predicted molar refractivity (Wildman–Crippen MR) is 281 cm³/mol. The molecule has 0 unspecified atom stereocenters. The van der Waals surface area contributed by atoms with Crippen LogP contribution >= 0.6 is 0 Å². The summed E-state index contributed by atoms with van der Waals surface area (Å²) in [5.74, 6) is -2.00. The van der Waals surface area contributed by atoms with Crippen LogP contribution in [-0.4, -0.2) is 68.9 Å². The third-order valence-electron chi connectivity index (χ3n) is 11.1. The largest absolute Gasteiger partial charge is 2.00 e. The number of pyridine rings is 2. The number of H-pyrrole nitrogens is 2. The second-order valence-corrected chi connectivity index (χ2v) is 16.2. The van der Waals surface area contributed by atoms with E-state index in [0.29, 0.717) is 12.8 Å². The van der Waals surface area contributed by atoms with Crippen LogP contribution in [0.25, 0.3) is 90.6 Å². The fraction of sp³-hybridized carbons (Fsp3) is 0.143. The van der Waals surface area contributed by atoms with Gasteiger partial charge in [0.1, 0.15) is 11.4 Å². The minimum absolute atomic E-state index is 0. The smallest absolute Gasteiger partial charge is 0.573 e. The molecule has 11 N–H and O–H groups in total. The van der Waals surface area contributed by atoms with Gasteiger partial charge in [0, 0.05) is 23.3 Å². The van der Waals surface area contributed by atoms with Crippen molar-refractivity contribution in [1.29, 1.82) is 0 Å². The second kappa shape index (κ2) is 33.1. The van der Waals surface area contributed by atoms with Crippen molar-refractivity contribution in [1.82, 2.24) is 50.8 Å². The number of hydrogen-bond donors (Lipinski definition) is 2. The summed E-state index contributed by atoms with van der Waals surface area (Å²) < 4.78 is 0. The Kier molecular flexibility index (Phi) is 27.9. The molecule has 0 spiro atoms. The van der Waals surface area contributed by atoms with Crippen molar-refractivity contribution in [2.75, 3.05) is 0 Å². The van der Waals surface area contributed by atoms with Gasteiger partial charge in [-0.1, -0.05) is 171 Å². The molecule has 0 atom stereocenters. The number of aromatic nitrogens is 10. The third kappa shape index (κ3) is 18.5. The Morgan fingerprint density at radius 1 is 0.382 bits per heavy atom. The van der Waals surface area contributed by atoms with E-state index in [9.17, 15) is 19.8 Å². The van der Waals surface area contributed by atoms with Crippen LogP contribution in [0.5, 0.6) is 0 Å². The number of unbranched alkanes of at least 4 members (excludes halogenated alkanes) is 5. The summed E-state index contributed by atoms with van der Waals surface area (Å²) in [6.07, 6.45) is 5.23. The monoisotopic (exact) mass is 1130 g/mol. The van der Waals surface area contributed by atoms with Crippen molar-refractivity contribution in [2.45, 2.75) is 51.4 Å². The van der Waals surface area contributed by atoms with Crippen molar-refractivity contribution in [3.05, 3.63) is 182 Å². The molecule has 0 aliphatic rings. The molecule has 0 aliphatic heterocycles. The SMILES string of the molecule is O.O.O.O=C([O-])CCCCCCCCC(=O)[O-].[OH3+].[Zn+2].[Zn+2].c1ccc(-c2cc(-c3cccc(-c4cc(-c5ccccc5)[nH]n4)n3)[n-]n2)cc1.c1ccc(-c2cc(-c3cccc(-c4cc(-c5ccccc5)[nH]n4)n3)[n-]n2)cc1. The van der Waals surface area contributed by atoms with E-state index in [4.69, 9.17) is 9.97 Å². The van der Waals surface area contributed by atoms with Crippen LogP contribution in [0.15, 0.2) is 182 Å². The Bertz CT molecular complexity index is 2810. The molecule has 18 nitrogen and oxygen atoms in total. The van der Waals surface area contributed by atoms with E-state index >= 15 is 0 Å². The first-order valence-electron chi connectivity index (χ1n) is 23.0. The Morgan fingerprint density at radius 3 is 1.04 bits per heavy atom. The molecule has 6 aromatic heterocycles. The van der Waals surface area contributed by atoms with Crippen molar-refractivity contribution < 1.29 is 80.7 Å². The molecule has 6 heterocycles. The number of hydrogen-bond acceptors (Lipinski definition) is 10. The average Bonchev–Trinajstić information content (AvgIpc) is 4.27. The van der Waals surface area contributed by atoms with Gasteiger partial charge < -0.3 is 62.1 Å². The first kappa shape index (κ1) is 64.2. The molecule has 0 bridgehead atoms.